The summed E-state index contributed by atoms with van der Waals surface area (Å²) in [6.07, 6.45) is 0. The topological polar surface area (TPSA) is 100 Å². The van der Waals surface area contributed by atoms with Gasteiger partial charge in [-0.15, -0.1) is 0 Å². The van der Waals surface area contributed by atoms with Crippen LogP contribution >= 0.6 is 23.4 Å². The molecule has 1 heterocycles. The molecule has 1 aliphatic rings. The van der Waals surface area contributed by atoms with Crippen LogP contribution in [0, 0.1) is 32.1 Å². The van der Waals surface area contributed by atoms with Crippen LogP contribution in [0.1, 0.15) is 35.1 Å². The molecule has 194 valence electrons. The number of nitrogens with zero attached hydrogens (tertiary/aromatic N) is 1. The van der Waals surface area contributed by atoms with Crippen molar-refractivity contribution in [3.63, 3.8) is 0 Å². The maximum absolute atomic E-state index is 13.1. The molecule has 0 fully saturated rings. The Balaban J connectivity index is 1.89. The number of allylic oxidation sites excluding steroid dienone is 2. The van der Waals surface area contributed by atoms with Gasteiger partial charge >= 0.3 is 5.97 Å². The molecule has 1 atom stereocenters. The molecule has 0 aromatic heterocycles. The number of dihydropyridines is 1. The van der Waals surface area contributed by atoms with Gasteiger partial charge in [-0.2, -0.15) is 5.26 Å². The maximum Gasteiger partial charge on any atom is 0.336 e. The number of rotatable bonds is 9. The van der Waals surface area contributed by atoms with Crippen LogP contribution in [0.4, 0.5) is 5.69 Å². The molecule has 7 nitrogen and oxygen atoms in total. The number of ether oxygens (including phenoxy) is 2. The van der Waals surface area contributed by atoms with Crippen molar-refractivity contribution in [2.24, 2.45) is 0 Å². The maximum atomic E-state index is 13.1. The van der Waals surface area contributed by atoms with E-state index in [0.717, 1.165) is 22.4 Å². The van der Waals surface area contributed by atoms with Crippen LogP contribution in [-0.2, 0) is 19.1 Å². The lowest BCUT2D eigenvalue weighted by molar-refractivity contribution is -0.140. The highest BCUT2D eigenvalue weighted by Crippen LogP contribution is 2.41. The molecule has 0 saturated heterocycles. The predicted octanol–water partition coefficient (Wildman–Crippen LogP) is 5.52. The standard InChI is InChI=1S/C28H30ClN3O4S/c1-16-12-17(2)26(18(3)13-16)32-23(33)15-37-27-22(14-30)25(20-6-8-21(29)9-7-20)24(19(4)31-27)28(34)36-11-10-35-5/h6-9,12-13,25,31H,10-11,15H2,1-5H3,(H,32,33)/t25-/m0/s1. The van der Waals surface area contributed by atoms with Gasteiger partial charge in [0.25, 0.3) is 0 Å². The number of thioether (sulfide) groups is 1. The van der Waals surface area contributed by atoms with E-state index < -0.39 is 11.9 Å². The van der Waals surface area contributed by atoms with E-state index in [1.807, 2.05) is 32.9 Å². The Kier molecular flexibility index (Phi) is 9.81. The third-order valence-electron chi connectivity index (χ3n) is 5.88. The second-order valence-electron chi connectivity index (χ2n) is 8.74. The molecule has 0 bridgehead atoms. The van der Waals surface area contributed by atoms with Gasteiger partial charge < -0.3 is 20.1 Å². The van der Waals surface area contributed by atoms with Gasteiger partial charge in [-0.1, -0.05) is 53.2 Å². The first kappa shape index (κ1) is 28.3. The number of esters is 1. The Labute approximate surface area is 226 Å². The predicted molar refractivity (Wildman–Crippen MR) is 147 cm³/mol. The Morgan fingerprint density at radius 3 is 2.35 bits per heavy atom. The number of methoxy groups -OCH3 is 1. The van der Waals surface area contributed by atoms with Gasteiger partial charge in [0.15, 0.2) is 0 Å². The van der Waals surface area contributed by atoms with Crippen molar-refractivity contribution in [3.05, 3.63) is 85.5 Å². The summed E-state index contributed by atoms with van der Waals surface area (Å²) in [5.41, 5.74) is 5.82. The second kappa shape index (κ2) is 12.8. The summed E-state index contributed by atoms with van der Waals surface area (Å²) in [6, 6.07) is 13.3. The van der Waals surface area contributed by atoms with E-state index in [0.29, 0.717) is 32.5 Å². The van der Waals surface area contributed by atoms with E-state index in [-0.39, 0.29) is 24.9 Å². The van der Waals surface area contributed by atoms with Crippen molar-refractivity contribution in [3.8, 4) is 6.07 Å². The van der Waals surface area contributed by atoms with Gasteiger partial charge in [-0.25, -0.2) is 4.79 Å². The number of hydrogen-bond donors (Lipinski definition) is 2. The first-order chi connectivity index (χ1) is 17.7. The minimum atomic E-state index is -0.675. The van der Waals surface area contributed by atoms with E-state index >= 15 is 0 Å². The van der Waals surface area contributed by atoms with E-state index in [1.54, 1.807) is 31.2 Å². The Bertz CT molecular complexity index is 1270. The number of carbonyl (C=O) groups is 2. The monoisotopic (exact) mass is 539 g/mol. The van der Waals surface area contributed by atoms with Crippen LogP contribution in [0.3, 0.4) is 0 Å². The second-order valence-corrected chi connectivity index (χ2v) is 10.2. The number of benzene rings is 2. The SMILES string of the molecule is COCCOC(=O)C1=C(C)NC(SCC(=O)Nc2c(C)cc(C)cc2C)=C(C#N)[C@@H]1c1ccc(Cl)cc1. The number of amides is 1. The minimum Gasteiger partial charge on any atom is -0.460 e. The average molecular weight is 540 g/mol. The fraction of sp³-hybridized carbons (Fsp3) is 0.321. The van der Waals surface area contributed by atoms with E-state index in [1.165, 1.54) is 18.9 Å². The number of carbonyl (C=O) groups excluding carboxylic acids is 2. The summed E-state index contributed by atoms with van der Waals surface area (Å²) in [5.74, 6) is -1.33. The molecule has 2 aromatic carbocycles. The lowest BCUT2D eigenvalue weighted by atomic mass is 9.82. The van der Waals surface area contributed by atoms with Gasteiger partial charge in [-0.3, -0.25) is 4.79 Å². The van der Waals surface area contributed by atoms with Crippen molar-refractivity contribution in [1.29, 1.82) is 5.26 Å². The molecule has 0 saturated carbocycles. The third kappa shape index (κ3) is 6.95. The first-order valence-corrected chi connectivity index (χ1v) is 13.1. The van der Waals surface area contributed by atoms with Gasteiger partial charge in [0.1, 0.15) is 6.61 Å². The highest BCUT2D eigenvalue weighted by molar-refractivity contribution is 8.03. The van der Waals surface area contributed by atoms with E-state index in [9.17, 15) is 14.9 Å². The van der Waals surface area contributed by atoms with Crippen molar-refractivity contribution in [2.45, 2.75) is 33.6 Å². The molecule has 9 heteroatoms. The first-order valence-electron chi connectivity index (χ1n) is 11.7. The molecular weight excluding hydrogens is 510 g/mol. The Hall–Kier alpha value is -3.25. The zero-order valence-corrected chi connectivity index (χ0v) is 23.1. The van der Waals surface area contributed by atoms with Gasteiger partial charge in [0, 0.05) is 23.5 Å². The molecule has 1 aliphatic heterocycles. The lowest BCUT2D eigenvalue weighted by Gasteiger charge is -2.29. The number of aryl methyl sites for hydroxylation is 3. The molecule has 1 amide bonds. The molecule has 3 rings (SSSR count). The summed E-state index contributed by atoms with van der Waals surface area (Å²) in [4.78, 5) is 25.9. The molecule has 0 aliphatic carbocycles. The van der Waals surface area contributed by atoms with Crippen LogP contribution < -0.4 is 10.6 Å². The van der Waals surface area contributed by atoms with E-state index in [4.69, 9.17) is 21.1 Å². The minimum absolute atomic E-state index is 0.0779. The largest absolute Gasteiger partial charge is 0.460 e. The van der Waals surface area contributed by atoms with Crippen LogP contribution in [-0.4, -0.2) is 38.0 Å². The fourth-order valence-electron chi connectivity index (χ4n) is 4.27. The highest BCUT2D eigenvalue weighted by atomic mass is 35.5. The Morgan fingerprint density at radius 1 is 1.11 bits per heavy atom. The lowest BCUT2D eigenvalue weighted by Crippen LogP contribution is -2.30. The van der Waals surface area contributed by atoms with Gasteiger partial charge in [-0.05, 0) is 56.5 Å². The quantitative estimate of drug-likeness (QED) is 0.319. The zero-order valence-electron chi connectivity index (χ0n) is 21.5. The Morgan fingerprint density at radius 2 is 1.76 bits per heavy atom. The third-order valence-corrected chi connectivity index (χ3v) is 7.15. The van der Waals surface area contributed by atoms with Crippen molar-refractivity contribution in [1.82, 2.24) is 5.32 Å². The van der Waals surface area contributed by atoms with E-state index in [2.05, 4.69) is 16.7 Å². The van der Waals surface area contributed by atoms with Crippen LogP contribution in [0.2, 0.25) is 5.02 Å². The van der Waals surface area contributed by atoms with Crippen molar-refractivity contribution in [2.75, 3.05) is 31.4 Å². The number of hydrogen-bond acceptors (Lipinski definition) is 7. The summed E-state index contributed by atoms with van der Waals surface area (Å²) >= 11 is 7.30. The molecule has 0 radical (unpaired) electrons. The number of nitrogens with one attached hydrogen (secondary N) is 2. The molecule has 0 spiro atoms. The molecule has 0 unspecified atom stereocenters. The number of nitriles is 1. The summed E-state index contributed by atoms with van der Waals surface area (Å²) < 4.78 is 10.4. The molecular formula is C28H30ClN3O4S. The normalized spacial score (nSPS) is 15.2. The van der Waals surface area contributed by atoms with Gasteiger partial charge in [0.2, 0.25) is 5.91 Å². The fourth-order valence-corrected chi connectivity index (χ4v) is 5.29. The highest BCUT2D eigenvalue weighted by Gasteiger charge is 2.35. The molecule has 37 heavy (non-hydrogen) atoms. The number of halogens is 1. The molecule has 2 N–H and O–H groups in total. The van der Waals surface area contributed by atoms with Gasteiger partial charge in [0.05, 0.1) is 40.5 Å². The average Bonchev–Trinajstić information content (AvgIpc) is 2.85. The van der Waals surface area contributed by atoms with Crippen molar-refractivity contribution < 1.29 is 19.1 Å². The molecule has 2 aromatic rings. The number of anilines is 1. The zero-order chi connectivity index (χ0) is 27.1. The van der Waals surface area contributed by atoms with Crippen LogP contribution in [0.5, 0.6) is 0 Å². The summed E-state index contributed by atoms with van der Waals surface area (Å²) in [5, 5.41) is 17.4. The summed E-state index contributed by atoms with van der Waals surface area (Å²) in [6.45, 7) is 8.03. The summed E-state index contributed by atoms with van der Waals surface area (Å²) in [7, 11) is 1.52. The van der Waals surface area contributed by atoms with Crippen molar-refractivity contribution >= 4 is 40.9 Å². The van der Waals surface area contributed by atoms with Crippen LogP contribution in [0.25, 0.3) is 0 Å². The smallest absolute Gasteiger partial charge is 0.336 e. The van der Waals surface area contributed by atoms with Crippen LogP contribution in [0.15, 0.2) is 58.3 Å².